The van der Waals surface area contributed by atoms with Gasteiger partial charge in [-0.15, -0.1) is 0 Å². The van der Waals surface area contributed by atoms with Crippen molar-refractivity contribution >= 4 is 17.4 Å². The number of nitrogens with two attached hydrogens (primary N) is 1. The summed E-state index contributed by atoms with van der Waals surface area (Å²) in [7, 11) is 0. The number of hydrazine groups is 1. The third-order valence-corrected chi connectivity index (χ3v) is 2.92. The summed E-state index contributed by atoms with van der Waals surface area (Å²) in [6.45, 7) is 1.35. The van der Waals surface area contributed by atoms with Crippen LogP contribution >= 0.6 is 11.6 Å². The summed E-state index contributed by atoms with van der Waals surface area (Å²) in [5.74, 6) is 6.44. The molecular weight excluding hydrogens is 242 g/mol. The summed E-state index contributed by atoms with van der Waals surface area (Å²) in [6.07, 6.45) is 3.03. The Morgan fingerprint density at radius 3 is 2.88 bits per heavy atom. The normalized spacial score (nSPS) is 16.5. The van der Waals surface area contributed by atoms with Gasteiger partial charge in [0.05, 0.1) is 12.2 Å². The van der Waals surface area contributed by atoms with Gasteiger partial charge in [-0.05, 0) is 12.8 Å². The molecule has 0 unspecified atom stereocenters. The zero-order valence-electron chi connectivity index (χ0n) is 9.14. The summed E-state index contributed by atoms with van der Waals surface area (Å²) in [5, 5.41) is 10.6. The third-order valence-electron chi connectivity index (χ3n) is 2.65. The summed E-state index contributed by atoms with van der Waals surface area (Å²) >= 11 is 5.98. The minimum Gasteiger partial charge on any atom is -0.381 e. The first kappa shape index (κ1) is 12.0. The molecule has 90 valence electrons. The smallest absolute Gasteiger partial charge is 0.234 e. The van der Waals surface area contributed by atoms with E-state index in [-0.39, 0.29) is 11.9 Å². The molecule has 0 saturated carbocycles. The molecule has 17 heavy (non-hydrogen) atoms. The number of ether oxygens (including phenoxy) is 1. The lowest BCUT2D eigenvalue weighted by atomic mass is 10.1. The van der Waals surface area contributed by atoms with Crippen LogP contribution in [0.1, 0.15) is 18.7 Å². The Balaban J connectivity index is 2.23. The van der Waals surface area contributed by atoms with E-state index < -0.39 is 0 Å². The SMILES string of the molecule is N#Cc1ncc(Cl)c(N(N)C2CCOCC2)n1. The molecule has 2 heterocycles. The van der Waals surface area contributed by atoms with Gasteiger partial charge >= 0.3 is 0 Å². The first-order valence-electron chi connectivity index (χ1n) is 5.26. The Morgan fingerprint density at radius 2 is 2.24 bits per heavy atom. The second-order valence-electron chi connectivity index (χ2n) is 3.73. The second-order valence-corrected chi connectivity index (χ2v) is 4.13. The highest BCUT2D eigenvalue weighted by Gasteiger charge is 2.22. The highest BCUT2D eigenvalue weighted by Crippen LogP contribution is 2.24. The number of nitriles is 1. The van der Waals surface area contributed by atoms with E-state index in [0.717, 1.165) is 12.8 Å². The molecule has 1 aliphatic heterocycles. The van der Waals surface area contributed by atoms with E-state index in [1.807, 2.05) is 6.07 Å². The molecule has 0 atom stereocenters. The number of nitrogens with zero attached hydrogens (tertiary/aromatic N) is 4. The predicted octanol–water partition coefficient (Wildman–Crippen LogP) is 0.861. The fourth-order valence-corrected chi connectivity index (χ4v) is 1.92. The van der Waals surface area contributed by atoms with Crippen molar-refractivity contribution in [3.63, 3.8) is 0 Å². The van der Waals surface area contributed by atoms with Crippen LogP contribution in [0.3, 0.4) is 0 Å². The number of hydrogen-bond donors (Lipinski definition) is 1. The van der Waals surface area contributed by atoms with E-state index in [0.29, 0.717) is 24.1 Å². The second kappa shape index (κ2) is 5.27. The van der Waals surface area contributed by atoms with Crippen LogP contribution in [0.15, 0.2) is 6.20 Å². The van der Waals surface area contributed by atoms with Crippen LogP contribution in [-0.4, -0.2) is 29.2 Å². The Morgan fingerprint density at radius 1 is 1.53 bits per heavy atom. The van der Waals surface area contributed by atoms with Crippen molar-refractivity contribution in [1.29, 1.82) is 5.26 Å². The van der Waals surface area contributed by atoms with Crippen molar-refractivity contribution in [1.82, 2.24) is 9.97 Å². The first-order chi connectivity index (χ1) is 8.22. The lowest BCUT2D eigenvalue weighted by Crippen LogP contribution is -2.45. The van der Waals surface area contributed by atoms with Crippen LogP contribution in [0.25, 0.3) is 0 Å². The van der Waals surface area contributed by atoms with Gasteiger partial charge in [-0.1, -0.05) is 11.6 Å². The van der Waals surface area contributed by atoms with E-state index in [2.05, 4.69) is 9.97 Å². The van der Waals surface area contributed by atoms with Gasteiger partial charge in [0, 0.05) is 13.2 Å². The molecule has 6 nitrogen and oxygen atoms in total. The maximum Gasteiger partial charge on any atom is 0.234 e. The fourth-order valence-electron chi connectivity index (χ4n) is 1.73. The number of rotatable bonds is 2. The fraction of sp³-hybridized carbons (Fsp3) is 0.500. The third kappa shape index (κ3) is 2.64. The van der Waals surface area contributed by atoms with Crippen molar-refractivity contribution in [2.75, 3.05) is 18.2 Å². The van der Waals surface area contributed by atoms with Gasteiger partial charge in [0.2, 0.25) is 5.82 Å². The minimum absolute atomic E-state index is 0.0620. The maximum absolute atomic E-state index is 8.75. The van der Waals surface area contributed by atoms with E-state index in [1.165, 1.54) is 11.2 Å². The molecule has 0 radical (unpaired) electrons. The van der Waals surface area contributed by atoms with Crippen molar-refractivity contribution < 1.29 is 4.74 Å². The molecule has 0 spiro atoms. The lowest BCUT2D eigenvalue weighted by Gasteiger charge is -2.31. The van der Waals surface area contributed by atoms with Crippen molar-refractivity contribution in [2.24, 2.45) is 5.84 Å². The molecule has 0 bridgehead atoms. The minimum atomic E-state index is 0.0620. The van der Waals surface area contributed by atoms with Crippen LogP contribution in [0.2, 0.25) is 5.02 Å². The molecule has 0 aliphatic carbocycles. The number of hydrogen-bond acceptors (Lipinski definition) is 6. The van der Waals surface area contributed by atoms with E-state index in [1.54, 1.807) is 0 Å². The molecule has 0 aromatic carbocycles. The van der Waals surface area contributed by atoms with E-state index >= 15 is 0 Å². The molecule has 2 N–H and O–H groups in total. The number of aromatic nitrogens is 2. The lowest BCUT2D eigenvalue weighted by molar-refractivity contribution is 0.0843. The van der Waals surface area contributed by atoms with Crippen LogP contribution in [0, 0.1) is 11.3 Å². The van der Waals surface area contributed by atoms with Crippen molar-refractivity contribution in [2.45, 2.75) is 18.9 Å². The summed E-state index contributed by atoms with van der Waals surface area (Å²) in [5.41, 5.74) is 0. The van der Waals surface area contributed by atoms with Crippen LogP contribution in [0.4, 0.5) is 5.82 Å². The van der Waals surface area contributed by atoms with E-state index in [9.17, 15) is 0 Å². The summed E-state index contributed by atoms with van der Waals surface area (Å²) in [4.78, 5) is 7.80. The topological polar surface area (TPSA) is 88.1 Å². The van der Waals surface area contributed by atoms with Crippen molar-refractivity contribution in [3.05, 3.63) is 17.0 Å². The Bertz CT molecular complexity index is 441. The summed E-state index contributed by atoms with van der Waals surface area (Å²) < 4.78 is 5.26. The quantitative estimate of drug-likeness (QED) is 0.621. The van der Waals surface area contributed by atoms with Gasteiger partial charge in [0.25, 0.3) is 0 Å². The van der Waals surface area contributed by atoms with Gasteiger partial charge in [0.1, 0.15) is 11.1 Å². The molecule has 0 amide bonds. The van der Waals surface area contributed by atoms with E-state index in [4.69, 9.17) is 27.4 Å². The highest BCUT2D eigenvalue weighted by molar-refractivity contribution is 6.32. The van der Waals surface area contributed by atoms with Crippen molar-refractivity contribution in [3.8, 4) is 6.07 Å². The Labute approximate surface area is 104 Å². The van der Waals surface area contributed by atoms with Crippen LogP contribution < -0.4 is 10.9 Å². The Hall–Kier alpha value is -1.42. The number of halogens is 1. The highest BCUT2D eigenvalue weighted by atomic mass is 35.5. The summed E-state index contributed by atoms with van der Waals surface area (Å²) in [6, 6.07) is 1.99. The molecule has 1 aromatic rings. The zero-order chi connectivity index (χ0) is 12.3. The number of anilines is 1. The molecule has 1 aliphatic rings. The Kier molecular flexibility index (Phi) is 3.74. The molecular formula is C10H12ClN5O. The van der Waals surface area contributed by atoms with Gasteiger partial charge < -0.3 is 4.74 Å². The van der Waals surface area contributed by atoms with Gasteiger partial charge in [-0.3, -0.25) is 5.01 Å². The molecule has 1 saturated heterocycles. The standard InChI is InChI=1S/C10H12ClN5O/c11-8-6-14-9(5-12)15-10(8)16(13)7-1-3-17-4-2-7/h6-7H,1-4,13H2. The van der Waals surface area contributed by atoms with Gasteiger partial charge in [0.15, 0.2) is 5.82 Å². The average Bonchev–Trinajstić information content (AvgIpc) is 2.39. The predicted molar refractivity (Wildman–Crippen MR) is 62.3 cm³/mol. The van der Waals surface area contributed by atoms with Gasteiger partial charge in [-0.2, -0.15) is 10.2 Å². The maximum atomic E-state index is 8.75. The molecule has 7 heteroatoms. The molecule has 1 fully saturated rings. The largest absolute Gasteiger partial charge is 0.381 e. The van der Waals surface area contributed by atoms with Crippen LogP contribution in [-0.2, 0) is 4.74 Å². The monoisotopic (exact) mass is 253 g/mol. The van der Waals surface area contributed by atoms with Gasteiger partial charge in [-0.25, -0.2) is 10.8 Å². The molecule has 2 rings (SSSR count). The zero-order valence-corrected chi connectivity index (χ0v) is 9.89. The average molecular weight is 254 g/mol. The first-order valence-corrected chi connectivity index (χ1v) is 5.64. The molecule has 1 aromatic heterocycles. The van der Waals surface area contributed by atoms with Crippen LogP contribution in [0.5, 0.6) is 0 Å².